The Balaban J connectivity index is -0.0000000674. The Bertz CT molecular complexity index is 288. The maximum atomic E-state index is 10.4. The number of hydrogen-bond acceptors (Lipinski definition) is 4. The number of unbranched alkanes of at least 4 members (excludes halogenated alkanes) is 2. The highest BCUT2D eigenvalue weighted by atomic mass is 16.4. The Kier molecular flexibility index (Phi) is 64.3. The fraction of sp³-hybridized carbons (Fsp3) is 0.667. The first kappa shape index (κ1) is 42.2. The van der Waals surface area contributed by atoms with Crippen molar-refractivity contribution in [2.24, 2.45) is 11.8 Å². The van der Waals surface area contributed by atoms with Gasteiger partial charge in [-0.1, -0.05) is 53.4 Å². The van der Waals surface area contributed by atoms with Crippen molar-refractivity contribution in [2.45, 2.75) is 79.1 Å². The lowest BCUT2D eigenvalue weighted by molar-refractivity contribution is -0.143. The number of carboxylic acid groups (broad SMARTS) is 2. The van der Waals surface area contributed by atoms with Gasteiger partial charge in [0.05, 0.1) is 25.0 Å². The minimum Gasteiger partial charge on any atom is -0.481 e. The molecule has 0 aromatic heterocycles. The van der Waals surface area contributed by atoms with Crippen LogP contribution in [0, 0.1) is 11.8 Å². The third-order valence-corrected chi connectivity index (χ3v) is 3.60. The maximum absolute atomic E-state index is 10.4. The van der Waals surface area contributed by atoms with E-state index in [1.165, 1.54) is 0 Å². The number of aliphatic hydroxyl groups excluding tert-OH is 2. The van der Waals surface area contributed by atoms with Gasteiger partial charge in [0.2, 0.25) is 0 Å². The predicted molar refractivity (Wildman–Crippen MR) is 130 cm³/mol. The highest BCUT2D eigenvalue weighted by molar-refractivity contribution is 5.70. The molecule has 0 aliphatic rings. The Morgan fingerprint density at radius 2 is 0.867 bits per heavy atom. The molecule has 30 heavy (non-hydrogen) atoms. The predicted octanol–water partition coefficient (Wildman–Crippen LogP) is 5.95. The van der Waals surface area contributed by atoms with E-state index in [9.17, 15) is 9.59 Å². The average Bonchev–Trinajstić information content (AvgIpc) is 2.79. The van der Waals surface area contributed by atoms with E-state index in [0.29, 0.717) is 0 Å². The van der Waals surface area contributed by atoms with E-state index in [-0.39, 0.29) is 25.0 Å². The first-order chi connectivity index (χ1) is 14.4. The van der Waals surface area contributed by atoms with E-state index >= 15 is 0 Å². The number of carboxylic acids is 2. The highest BCUT2D eigenvalue weighted by Gasteiger charge is 2.13. The van der Waals surface area contributed by atoms with Crippen molar-refractivity contribution >= 4 is 11.9 Å². The van der Waals surface area contributed by atoms with Crippen molar-refractivity contribution in [1.82, 2.24) is 0 Å². The fourth-order valence-corrected chi connectivity index (χ4v) is 1.91. The van der Waals surface area contributed by atoms with Gasteiger partial charge in [0.25, 0.3) is 0 Å². The second kappa shape index (κ2) is 45.7. The van der Waals surface area contributed by atoms with E-state index in [1.807, 2.05) is 13.8 Å². The van der Waals surface area contributed by atoms with Crippen molar-refractivity contribution in [3.05, 3.63) is 39.5 Å². The topological polar surface area (TPSA) is 115 Å². The summed E-state index contributed by atoms with van der Waals surface area (Å²) in [6.07, 6.45) is 7.43. The summed E-state index contributed by atoms with van der Waals surface area (Å²) in [5, 5.41) is 32.4. The van der Waals surface area contributed by atoms with Crippen molar-refractivity contribution in [3.8, 4) is 0 Å². The summed E-state index contributed by atoms with van der Waals surface area (Å²) in [6.45, 7) is 25.8. The average molecular weight is 435 g/mol. The summed E-state index contributed by atoms with van der Waals surface area (Å²) >= 11 is 0. The Morgan fingerprint density at radius 1 is 0.633 bits per heavy atom. The smallest absolute Gasteiger partial charge is 0.306 e. The summed E-state index contributed by atoms with van der Waals surface area (Å²) in [5.41, 5.74) is 0. The Labute approximate surface area is 186 Å². The van der Waals surface area contributed by atoms with E-state index in [1.54, 1.807) is 0 Å². The second-order valence-corrected chi connectivity index (χ2v) is 5.62. The first-order valence-electron chi connectivity index (χ1n) is 10.5. The van der Waals surface area contributed by atoms with Gasteiger partial charge in [-0.05, 0) is 25.7 Å². The SMILES string of the molecule is C=C.C=C.C=C.CCCCC(CC)C(=O)O.CCCCC(CC)C(=O)O.OCCO. The monoisotopic (exact) mass is 434 g/mol. The van der Waals surface area contributed by atoms with E-state index < -0.39 is 11.9 Å². The number of hydrogen-bond donors (Lipinski definition) is 4. The van der Waals surface area contributed by atoms with Gasteiger partial charge in [-0.3, -0.25) is 9.59 Å². The molecule has 2 unspecified atom stereocenters. The molecule has 0 fully saturated rings. The van der Waals surface area contributed by atoms with Gasteiger partial charge in [-0.15, -0.1) is 39.5 Å². The molecule has 0 aliphatic carbocycles. The van der Waals surface area contributed by atoms with Gasteiger partial charge in [0.1, 0.15) is 0 Å². The molecular weight excluding hydrogens is 384 g/mol. The van der Waals surface area contributed by atoms with Gasteiger partial charge in [-0.25, -0.2) is 0 Å². The molecule has 0 aliphatic heterocycles. The molecule has 0 saturated carbocycles. The number of aliphatic carboxylic acids is 2. The van der Waals surface area contributed by atoms with Crippen LogP contribution in [-0.2, 0) is 9.59 Å². The van der Waals surface area contributed by atoms with Crippen LogP contribution in [0.3, 0.4) is 0 Å². The van der Waals surface area contributed by atoms with Crippen LogP contribution in [-0.4, -0.2) is 45.6 Å². The van der Waals surface area contributed by atoms with Crippen LogP contribution in [0.15, 0.2) is 39.5 Å². The molecule has 0 aromatic rings. The van der Waals surface area contributed by atoms with Gasteiger partial charge in [-0.2, -0.15) is 0 Å². The van der Waals surface area contributed by atoms with E-state index in [0.717, 1.165) is 51.4 Å². The van der Waals surface area contributed by atoms with Crippen molar-refractivity contribution < 1.29 is 30.0 Å². The normalized spacial score (nSPS) is 10.1. The molecule has 0 spiro atoms. The molecule has 6 heteroatoms. The fourth-order valence-electron chi connectivity index (χ4n) is 1.91. The molecule has 6 nitrogen and oxygen atoms in total. The Morgan fingerprint density at radius 3 is 0.967 bits per heavy atom. The molecular formula is C24H50O6. The Hall–Kier alpha value is -1.92. The number of carbonyl (C=O) groups is 2. The van der Waals surface area contributed by atoms with Gasteiger partial charge in [0.15, 0.2) is 0 Å². The minimum atomic E-state index is -0.643. The lowest BCUT2D eigenvalue weighted by atomic mass is 10.00. The van der Waals surface area contributed by atoms with Crippen LogP contribution in [0.4, 0.5) is 0 Å². The third-order valence-electron chi connectivity index (χ3n) is 3.60. The summed E-state index contributed by atoms with van der Waals surface area (Å²) in [7, 11) is 0. The zero-order chi connectivity index (χ0) is 25.4. The summed E-state index contributed by atoms with van der Waals surface area (Å²) in [4.78, 5) is 20.9. The summed E-state index contributed by atoms with van der Waals surface area (Å²) in [6, 6.07) is 0. The zero-order valence-corrected chi connectivity index (χ0v) is 20.1. The third kappa shape index (κ3) is 45.1. The van der Waals surface area contributed by atoms with Crippen LogP contribution in [0.5, 0.6) is 0 Å². The highest BCUT2D eigenvalue weighted by Crippen LogP contribution is 2.12. The second-order valence-electron chi connectivity index (χ2n) is 5.62. The number of rotatable bonds is 11. The first-order valence-corrected chi connectivity index (χ1v) is 10.5. The van der Waals surface area contributed by atoms with Crippen molar-refractivity contribution in [1.29, 1.82) is 0 Å². The lowest BCUT2D eigenvalue weighted by Gasteiger charge is -2.06. The standard InChI is InChI=1S/2C8H16O2.C2H6O2.3C2H4/c2*1-3-5-6-7(4-2)8(9)10;3-1-2-4;3*1-2/h2*7H,3-6H2,1-2H3,(H,9,10);3-4H,1-2H2;3*1-2H2. The molecule has 0 aromatic carbocycles. The molecule has 0 heterocycles. The summed E-state index contributed by atoms with van der Waals surface area (Å²) < 4.78 is 0. The molecule has 0 bridgehead atoms. The van der Waals surface area contributed by atoms with Crippen LogP contribution >= 0.6 is 0 Å². The zero-order valence-electron chi connectivity index (χ0n) is 20.1. The molecule has 0 rings (SSSR count). The van der Waals surface area contributed by atoms with Crippen molar-refractivity contribution in [3.63, 3.8) is 0 Å². The van der Waals surface area contributed by atoms with Gasteiger partial charge < -0.3 is 20.4 Å². The van der Waals surface area contributed by atoms with Crippen LogP contribution in [0.1, 0.15) is 79.1 Å². The molecule has 0 radical (unpaired) electrons. The van der Waals surface area contributed by atoms with Crippen LogP contribution in [0.25, 0.3) is 0 Å². The summed E-state index contributed by atoms with van der Waals surface area (Å²) in [5.74, 6) is -1.51. The van der Waals surface area contributed by atoms with Crippen LogP contribution in [0.2, 0.25) is 0 Å². The minimum absolute atomic E-state index is 0.111. The quantitative estimate of drug-likeness (QED) is 0.299. The van der Waals surface area contributed by atoms with Crippen molar-refractivity contribution in [2.75, 3.05) is 13.2 Å². The molecule has 4 N–H and O–H groups in total. The van der Waals surface area contributed by atoms with E-state index in [2.05, 4.69) is 53.3 Å². The molecule has 182 valence electrons. The number of aliphatic hydroxyl groups is 2. The largest absolute Gasteiger partial charge is 0.481 e. The lowest BCUT2D eigenvalue weighted by Crippen LogP contribution is -2.11. The van der Waals surface area contributed by atoms with Gasteiger partial charge in [0, 0.05) is 0 Å². The van der Waals surface area contributed by atoms with Gasteiger partial charge >= 0.3 is 11.9 Å². The van der Waals surface area contributed by atoms with Crippen LogP contribution < -0.4 is 0 Å². The molecule has 2 atom stereocenters. The molecule has 0 amide bonds. The molecule has 0 saturated heterocycles. The van der Waals surface area contributed by atoms with E-state index in [4.69, 9.17) is 20.4 Å². The maximum Gasteiger partial charge on any atom is 0.306 e.